The van der Waals surface area contributed by atoms with Crippen molar-refractivity contribution in [3.63, 3.8) is 0 Å². The number of hydrogen-bond donors (Lipinski definition) is 0. The average molecular weight is 346 g/mol. The van der Waals surface area contributed by atoms with Crippen molar-refractivity contribution >= 4 is 22.4 Å². The van der Waals surface area contributed by atoms with Crippen LogP contribution in [0.15, 0.2) is 6.33 Å². The van der Waals surface area contributed by atoms with Crippen LogP contribution in [0.2, 0.25) is 0 Å². The molecule has 3 rings (SSSR count). The molecule has 8 nitrogen and oxygen atoms in total. The molecule has 2 aliphatic heterocycles. The molecule has 0 saturated carbocycles. The predicted molar refractivity (Wildman–Crippen MR) is 84.9 cm³/mol. The maximum Gasteiger partial charge on any atom is 0.282 e. The van der Waals surface area contributed by atoms with Gasteiger partial charge in [0.2, 0.25) is 0 Å². The Kier molecular flexibility index (Phi) is 4.64. The second-order valence-corrected chi connectivity index (χ2v) is 8.09. The van der Waals surface area contributed by atoms with Crippen molar-refractivity contribution in [2.24, 2.45) is 7.05 Å². The van der Waals surface area contributed by atoms with Gasteiger partial charge in [0.15, 0.2) is 4.77 Å². The molecule has 0 aliphatic carbocycles. The summed E-state index contributed by atoms with van der Waals surface area (Å²) in [5.41, 5.74) is 0. The van der Waals surface area contributed by atoms with Crippen molar-refractivity contribution in [2.45, 2.75) is 19.5 Å². The highest BCUT2D eigenvalue weighted by molar-refractivity contribution is 7.86. The lowest BCUT2D eigenvalue weighted by atomic mass is 10.4. The minimum atomic E-state index is -3.27. The van der Waals surface area contributed by atoms with Gasteiger partial charge in [-0.3, -0.25) is 4.90 Å². The predicted octanol–water partition coefficient (Wildman–Crippen LogP) is -0.133. The van der Waals surface area contributed by atoms with Crippen molar-refractivity contribution in [3.8, 4) is 0 Å². The van der Waals surface area contributed by atoms with E-state index in [-0.39, 0.29) is 0 Å². The molecular formula is C12H22N6O2S2. The van der Waals surface area contributed by atoms with Crippen LogP contribution in [0.1, 0.15) is 12.8 Å². The summed E-state index contributed by atoms with van der Waals surface area (Å²) in [5, 5.41) is 4.23. The van der Waals surface area contributed by atoms with Gasteiger partial charge in [0.1, 0.15) is 6.33 Å². The van der Waals surface area contributed by atoms with Crippen molar-refractivity contribution in [3.05, 3.63) is 11.1 Å². The molecule has 0 atom stereocenters. The number of aryl methyl sites for hydroxylation is 1. The highest BCUT2D eigenvalue weighted by atomic mass is 32.2. The van der Waals surface area contributed by atoms with Crippen LogP contribution in [0.4, 0.5) is 0 Å². The van der Waals surface area contributed by atoms with E-state index < -0.39 is 10.2 Å². The van der Waals surface area contributed by atoms with Crippen LogP contribution in [0.5, 0.6) is 0 Å². The lowest BCUT2D eigenvalue weighted by Gasteiger charge is -2.35. The van der Waals surface area contributed by atoms with E-state index in [1.54, 1.807) is 24.2 Å². The van der Waals surface area contributed by atoms with Gasteiger partial charge in [0.05, 0.1) is 6.67 Å². The molecule has 0 radical (unpaired) electrons. The van der Waals surface area contributed by atoms with Crippen molar-refractivity contribution in [1.29, 1.82) is 0 Å². The van der Waals surface area contributed by atoms with Crippen molar-refractivity contribution in [2.75, 3.05) is 39.3 Å². The molecule has 0 bridgehead atoms. The lowest BCUT2D eigenvalue weighted by molar-refractivity contribution is 0.141. The third-order valence-electron chi connectivity index (χ3n) is 4.27. The Balaban J connectivity index is 1.58. The van der Waals surface area contributed by atoms with E-state index in [2.05, 4.69) is 10.00 Å². The first-order chi connectivity index (χ1) is 10.5. The van der Waals surface area contributed by atoms with Crippen molar-refractivity contribution < 1.29 is 8.42 Å². The van der Waals surface area contributed by atoms with Crippen LogP contribution < -0.4 is 0 Å². The fourth-order valence-electron chi connectivity index (χ4n) is 2.89. The summed E-state index contributed by atoms with van der Waals surface area (Å²) in [7, 11) is -1.40. The standard InChI is InChI=1S/C12H22N6O2S2/c1-14-10-13-18(12(14)21)11-15-6-8-17(9-7-15)22(19,20)16-4-2-3-5-16/h10H,2-9,11H2,1H3. The summed E-state index contributed by atoms with van der Waals surface area (Å²) in [4.78, 5) is 2.18. The zero-order valence-electron chi connectivity index (χ0n) is 12.8. The topological polar surface area (TPSA) is 66.6 Å². The van der Waals surface area contributed by atoms with Crippen LogP contribution >= 0.6 is 12.2 Å². The molecule has 2 saturated heterocycles. The fourth-order valence-corrected chi connectivity index (χ4v) is 4.71. The molecule has 124 valence electrons. The van der Waals surface area contributed by atoms with Gasteiger partial charge in [-0.05, 0) is 25.1 Å². The number of rotatable bonds is 4. The smallest absolute Gasteiger partial charge is 0.282 e. The zero-order valence-corrected chi connectivity index (χ0v) is 14.4. The Bertz CT molecular complexity index is 668. The molecule has 0 N–H and O–H groups in total. The molecule has 1 aromatic heterocycles. The highest BCUT2D eigenvalue weighted by Gasteiger charge is 2.33. The molecule has 10 heteroatoms. The molecule has 3 heterocycles. The zero-order chi connectivity index (χ0) is 15.7. The van der Waals surface area contributed by atoms with Crippen LogP contribution in [0.25, 0.3) is 0 Å². The molecule has 0 aromatic carbocycles. The van der Waals surface area contributed by atoms with Gasteiger partial charge in [-0.15, -0.1) is 0 Å². The van der Waals surface area contributed by atoms with Gasteiger partial charge < -0.3 is 4.57 Å². The van der Waals surface area contributed by atoms with Crippen LogP contribution in [-0.4, -0.2) is 75.5 Å². The van der Waals surface area contributed by atoms with Gasteiger partial charge in [-0.25, -0.2) is 4.68 Å². The molecular weight excluding hydrogens is 324 g/mol. The number of hydrogen-bond acceptors (Lipinski definition) is 5. The van der Waals surface area contributed by atoms with Crippen LogP contribution in [0, 0.1) is 4.77 Å². The summed E-state index contributed by atoms with van der Waals surface area (Å²) < 4.78 is 32.5. The molecule has 0 spiro atoms. The molecule has 0 unspecified atom stereocenters. The SMILES string of the molecule is Cn1cnn(CN2CCN(S(=O)(=O)N3CCCC3)CC2)c1=S. The minimum Gasteiger partial charge on any atom is -0.310 e. The Morgan fingerprint density at radius 2 is 1.68 bits per heavy atom. The van der Waals surface area contributed by atoms with Crippen molar-refractivity contribution in [1.82, 2.24) is 27.9 Å². The molecule has 2 fully saturated rings. The Labute approximate surface area is 136 Å². The summed E-state index contributed by atoms with van der Waals surface area (Å²) in [5.74, 6) is 0. The highest BCUT2D eigenvalue weighted by Crippen LogP contribution is 2.18. The lowest BCUT2D eigenvalue weighted by Crippen LogP contribution is -2.52. The first-order valence-electron chi connectivity index (χ1n) is 7.54. The molecule has 1 aromatic rings. The van der Waals surface area contributed by atoms with Crippen LogP contribution in [0.3, 0.4) is 0 Å². The average Bonchev–Trinajstić information content (AvgIpc) is 3.14. The first-order valence-corrected chi connectivity index (χ1v) is 9.35. The van der Waals surface area contributed by atoms with Gasteiger partial charge in [-0.2, -0.15) is 22.1 Å². The summed E-state index contributed by atoms with van der Waals surface area (Å²) in [6, 6.07) is 0. The van der Waals surface area contributed by atoms with Gasteiger partial charge in [-0.1, -0.05) is 0 Å². The minimum absolute atomic E-state index is 0.527. The monoisotopic (exact) mass is 346 g/mol. The second-order valence-electron chi connectivity index (χ2n) is 5.80. The van der Waals surface area contributed by atoms with E-state index in [9.17, 15) is 8.42 Å². The third-order valence-corrected chi connectivity index (χ3v) is 6.80. The van der Waals surface area contributed by atoms with E-state index in [4.69, 9.17) is 12.2 Å². The Morgan fingerprint density at radius 1 is 1.09 bits per heavy atom. The van der Waals surface area contributed by atoms with Gasteiger partial charge >= 0.3 is 0 Å². The maximum atomic E-state index is 12.5. The third kappa shape index (κ3) is 3.11. The Morgan fingerprint density at radius 3 is 2.23 bits per heavy atom. The maximum absolute atomic E-state index is 12.5. The molecule has 0 amide bonds. The second kappa shape index (κ2) is 6.36. The van der Waals surface area contributed by atoms with E-state index >= 15 is 0 Å². The quantitative estimate of drug-likeness (QED) is 0.711. The van der Waals surface area contributed by atoms with E-state index in [0.717, 1.165) is 12.8 Å². The Hall–Kier alpha value is -0.810. The largest absolute Gasteiger partial charge is 0.310 e. The van der Waals surface area contributed by atoms with E-state index in [0.29, 0.717) is 50.7 Å². The van der Waals surface area contributed by atoms with E-state index in [1.165, 1.54) is 0 Å². The van der Waals surface area contributed by atoms with Gasteiger partial charge in [0, 0.05) is 46.3 Å². The normalized spacial score (nSPS) is 22.4. The van der Waals surface area contributed by atoms with Crippen LogP contribution in [-0.2, 0) is 23.9 Å². The van der Waals surface area contributed by atoms with Gasteiger partial charge in [0.25, 0.3) is 10.2 Å². The summed E-state index contributed by atoms with van der Waals surface area (Å²) in [6.45, 7) is 4.38. The summed E-state index contributed by atoms with van der Waals surface area (Å²) >= 11 is 5.27. The number of piperazine rings is 1. The fraction of sp³-hybridized carbons (Fsp3) is 0.833. The molecule has 2 aliphatic rings. The summed E-state index contributed by atoms with van der Waals surface area (Å²) in [6.07, 6.45) is 3.63. The molecule has 22 heavy (non-hydrogen) atoms. The number of aromatic nitrogens is 3. The first kappa shape index (κ1) is 16.1. The number of nitrogens with zero attached hydrogens (tertiary/aromatic N) is 6. The van der Waals surface area contributed by atoms with E-state index in [1.807, 2.05) is 7.05 Å².